The lowest BCUT2D eigenvalue weighted by Crippen LogP contribution is -2.46. The highest BCUT2D eigenvalue weighted by molar-refractivity contribution is 6.35. The standard InChI is InChI=1S/C23H33N3O4/c1-5-6-7-8-11-26-22(27)20(17-9-10-18(29-3)19(16-17)30-4)21(23(26)28)25-14-12-24(2)13-15-25/h9-10,16H,5-8,11-15H2,1-4H3. The van der Waals surface area contributed by atoms with Gasteiger partial charge in [0.1, 0.15) is 5.70 Å². The molecule has 0 spiro atoms. The Morgan fingerprint density at radius 1 is 0.900 bits per heavy atom. The first-order valence-corrected chi connectivity index (χ1v) is 10.8. The molecule has 2 amide bonds. The first-order valence-electron chi connectivity index (χ1n) is 10.8. The highest BCUT2D eigenvalue weighted by Gasteiger charge is 2.41. The average Bonchev–Trinajstić information content (AvgIpc) is 3.01. The van der Waals surface area contributed by atoms with E-state index >= 15 is 0 Å². The molecular formula is C23H33N3O4. The van der Waals surface area contributed by atoms with E-state index < -0.39 is 0 Å². The van der Waals surface area contributed by atoms with Crippen molar-refractivity contribution in [1.29, 1.82) is 0 Å². The van der Waals surface area contributed by atoms with E-state index in [9.17, 15) is 9.59 Å². The van der Waals surface area contributed by atoms with E-state index in [0.717, 1.165) is 51.9 Å². The van der Waals surface area contributed by atoms with Gasteiger partial charge in [0.25, 0.3) is 11.8 Å². The van der Waals surface area contributed by atoms with Gasteiger partial charge in [-0.15, -0.1) is 0 Å². The Balaban J connectivity index is 1.97. The zero-order chi connectivity index (χ0) is 21.7. The molecule has 1 fully saturated rings. The fraction of sp³-hybridized carbons (Fsp3) is 0.565. The molecule has 0 N–H and O–H groups in total. The Hall–Kier alpha value is -2.54. The Labute approximate surface area is 179 Å². The van der Waals surface area contributed by atoms with Gasteiger partial charge >= 0.3 is 0 Å². The summed E-state index contributed by atoms with van der Waals surface area (Å²) in [6, 6.07) is 5.40. The highest BCUT2D eigenvalue weighted by atomic mass is 16.5. The molecule has 2 aliphatic heterocycles. The van der Waals surface area contributed by atoms with Gasteiger partial charge < -0.3 is 19.3 Å². The number of imide groups is 1. The molecule has 0 aliphatic carbocycles. The molecule has 0 aromatic heterocycles. The van der Waals surface area contributed by atoms with Crippen molar-refractivity contribution in [1.82, 2.24) is 14.7 Å². The number of nitrogens with zero attached hydrogens (tertiary/aromatic N) is 3. The molecule has 1 saturated heterocycles. The van der Waals surface area contributed by atoms with Gasteiger partial charge in [0.15, 0.2) is 11.5 Å². The third-order valence-electron chi connectivity index (χ3n) is 5.87. The second-order valence-electron chi connectivity index (χ2n) is 7.91. The van der Waals surface area contributed by atoms with E-state index in [0.29, 0.717) is 34.9 Å². The van der Waals surface area contributed by atoms with Crippen molar-refractivity contribution in [3.63, 3.8) is 0 Å². The van der Waals surface area contributed by atoms with Crippen LogP contribution in [0.5, 0.6) is 11.5 Å². The van der Waals surface area contributed by atoms with Crippen LogP contribution in [-0.2, 0) is 9.59 Å². The normalized spacial score (nSPS) is 17.9. The largest absolute Gasteiger partial charge is 0.493 e. The van der Waals surface area contributed by atoms with Crippen LogP contribution in [0.2, 0.25) is 0 Å². The molecule has 0 atom stereocenters. The zero-order valence-electron chi connectivity index (χ0n) is 18.6. The third-order valence-corrected chi connectivity index (χ3v) is 5.87. The van der Waals surface area contributed by atoms with Gasteiger partial charge in [-0.3, -0.25) is 14.5 Å². The lowest BCUT2D eigenvalue weighted by Gasteiger charge is -2.34. The number of unbranched alkanes of at least 4 members (excludes halogenated alkanes) is 3. The van der Waals surface area contributed by atoms with Crippen LogP contribution in [0.4, 0.5) is 0 Å². The van der Waals surface area contributed by atoms with E-state index in [-0.39, 0.29) is 11.8 Å². The van der Waals surface area contributed by atoms with Crippen molar-refractivity contribution in [2.75, 3.05) is 54.0 Å². The predicted molar refractivity (Wildman–Crippen MR) is 116 cm³/mol. The summed E-state index contributed by atoms with van der Waals surface area (Å²) in [6.45, 7) is 5.79. The molecule has 0 bridgehead atoms. The first kappa shape index (κ1) is 22.2. The molecule has 7 heteroatoms. The molecule has 7 nitrogen and oxygen atoms in total. The molecule has 1 aromatic carbocycles. The van der Waals surface area contributed by atoms with Gasteiger partial charge in [0.2, 0.25) is 0 Å². The topological polar surface area (TPSA) is 62.3 Å². The fourth-order valence-corrected chi connectivity index (χ4v) is 4.04. The van der Waals surface area contributed by atoms with E-state index in [1.165, 1.54) is 4.90 Å². The number of rotatable bonds is 9. The minimum absolute atomic E-state index is 0.175. The van der Waals surface area contributed by atoms with Crippen LogP contribution in [-0.4, -0.2) is 80.5 Å². The van der Waals surface area contributed by atoms with Gasteiger partial charge in [0.05, 0.1) is 19.8 Å². The smallest absolute Gasteiger partial charge is 0.277 e. The summed E-state index contributed by atoms with van der Waals surface area (Å²) in [7, 11) is 5.22. The monoisotopic (exact) mass is 415 g/mol. The Morgan fingerprint density at radius 3 is 2.23 bits per heavy atom. The molecule has 3 rings (SSSR count). The molecule has 0 unspecified atom stereocenters. The predicted octanol–water partition coefficient (Wildman–Crippen LogP) is 2.61. The Bertz CT molecular complexity index is 813. The van der Waals surface area contributed by atoms with Gasteiger partial charge in [-0.1, -0.05) is 32.3 Å². The number of carbonyl (C=O) groups is 2. The summed E-state index contributed by atoms with van der Waals surface area (Å²) in [5, 5.41) is 0. The number of hydrogen-bond donors (Lipinski definition) is 0. The number of piperazine rings is 1. The molecular weight excluding hydrogens is 382 g/mol. The van der Waals surface area contributed by atoms with Crippen LogP contribution < -0.4 is 9.47 Å². The van der Waals surface area contributed by atoms with E-state index in [2.05, 4.69) is 23.8 Å². The summed E-state index contributed by atoms with van der Waals surface area (Å²) in [6.07, 6.45) is 4.07. The zero-order valence-corrected chi connectivity index (χ0v) is 18.6. The number of likely N-dealkylation sites (N-methyl/N-ethyl adjacent to an activating group) is 1. The second kappa shape index (κ2) is 9.98. The quantitative estimate of drug-likeness (QED) is 0.456. The van der Waals surface area contributed by atoms with Crippen LogP contribution in [0.25, 0.3) is 5.57 Å². The highest BCUT2D eigenvalue weighted by Crippen LogP contribution is 2.36. The van der Waals surface area contributed by atoms with Gasteiger partial charge in [-0.2, -0.15) is 0 Å². The lowest BCUT2D eigenvalue weighted by atomic mass is 10.0. The summed E-state index contributed by atoms with van der Waals surface area (Å²) < 4.78 is 10.8. The van der Waals surface area contributed by atoms with E-state index in [1.807, 2.05) is 6.07 Å². The maximum Gasteiger partial charge on any atom is 0.277 e. The molecule has 30 heavy (non-hydrogen) atoms. The van der Waals surface area contributed by atoms with Crippen LogP contribution in [0, 0.1) is 0 Å². The van der Waals surface area contributed by atoms with Crippen molar-refractivity contribution >= 4 is 17.4 Å². The minimum Gasteiger partial charge on any atom is -0.493 e. The average molecular weight is 416 g/mol. The first-order chi connectivity index (χ1) is 14.5. The summed E-state index contributed by atoms with van der Waals surface area (Å²) in [5.41, 5.74) is 1.69. The third kappa shape index (κ3) is 4.46. The Morgan fingerprint density at radius 2 is 1.60 bits per heavy atom. The van der Waals surface area contributed by atoms with Crippen molar-refractivity contribution in [2.24, 2.45) is 0 Å². The van der Waals surface area contributed by atoms with Crippen LogP contribution in [0.3, 0.4) is 0 Å². The van der Waals surface area contributed by atoms with Crippen molar-refractivity contribution in [3.05, 3.63) is 29.5 Å². The van der Waals surface area contributed by atoms with Crippen LogP contribution in [0.15, 0.2) is 23.9 Å². The second-order valence-corrected chi connectivity index (χ2v) is 7.91. The van der Waals surface area contributed by atoms with Crippen molar-refractivity contribution in [2.45, 2.75) is 32.6 Å². The Kier molecular flexibility index (Phi) is 7.37. The SMILES string of the molecule is CCCCCCN1C(=O)C(c2ccc(OC)c(OC)c2)=C(N2CCN(C)CC2)C1=O. The molecule has 2 heterocycles. The fourth-order valence-electron chi connectivity index (χ4n) is 4.04. The summed E-state index contributed by atoms with van der Waals surface area (Å²) in [4.78, 5) is 32.5. The maximum atomic E-state index is 13.4. The number of ether oxygens (including phenoxy) is 2. The number of amides is 2. The van der Waals surface area contributed by atoms with Crippen LogP contribution >= 0.6 is 0 Å². The van der Waals surface area contributed by atoms with E-state index in [4.69, 9.17) is 9.47 Å². The number of hydrogen-bond acceptors (Lipinski definition) is 6. The van der Waals surface area contributed by atoms with E-state index in [1.54, 1.807) is 26.4 Å². The summed E-state index contributed by atoms with van der Waals surface area (Å²) >= 11 is 0. The van der Waals surface area contributed by atoms with Gasteiger partial charge in [-0.05, 0) is 31.2 Å². The number of carbonyl (C=O) groups excluding carboxylic acids is 2. The molecule has 0 radical (unpaired) electrons. The number of methoxy groups -OCH3 is 2. The summed E-state index contributed by atoms with van der Waals surface area (Å²) in [5.74, 6) is 0.751. The minimum atomic E-state index is -0.211. The van der Waals surface area contributed by atoms with Gasteiger partial charge in [0, 0.05) is 32.7 Å². The molecule has 1 aromatic rings. The van der Waals surface area contributed by atoms with Crippen molar-refractivity contribution in [3.8, 4) is 11.5 Å². The maximum absolute atomic E-state index is 13.4. The van der Waals surface area contributed by atoms with Gasteiger partial charge in [-0.25, -0.2) is 0 Å². The molecule has 164 valence electrons. The molecule has 2 aliphatic rings. The van der Waals surface area contributed by atoms with Crippen LogP contribution in [0.1, 0.15) is 38.2 Å². The number of benzene rings is 1. The molecule has 0 saturated carbocycles. The lowest BCUT2D eigenvalue weighted by molar-refractivity contribution is -0.137. The van der Waals surface area contributed by atoms with Crippen molar-refractivity contribution < 1.29 is 19.1 Å².